The maximum atomic E-state index is 14.1. The highest BCUT2D eigenvalue weighted by Gasteiger charge is 2.35. The molecule has 0 bridgehead atoms. The maximum Gasteiger partial charge on any atom is 0.419 e. The first-order chi connectivity index (χ1) is 9.73. The van der Waals surface area contributed by atoms with Crippen LogP contribution in [0.5, 0.6) is 0 Å². The van der Waals surface area contributed by atoms with Crippen molar-refractivity contribution in [2.75, 3.05) is 0 Å². The largest absolute Gasteiger partial charge is 0.419 e. The number of aliphatic hydroxyl groups excluding tert-OH is 1. The Kier molecular flexibility index (Phi) is 4.05. The van der Waals surface area contributed by atoms with Crippen LogP contribution in [0.1, 0.15) is 33.9 Å². The van der Waals surface area contributed by atoms with E-state index in [1.807, 2.05) is 13.0 Å². The molecule has 0 aromatic heterocycles. The summed E-state index contributed by atoms with van der Waals surface area (Å²) < 4.78 is 52.2. The molecule has 0 saturated heterocycles. The Morgan fingerprint density at radius 3 is 2.14 bits per heavy atom. The van der Waals surface area contributed by atoms with E-state index in [0.717, 1.165) is 23.3 Å². The first kappa shape index (κ1) is 15.5. The predicted molar refractivity (Wildman–Crippen MR) is 71.4 cm³/mol. The molecule has 112 valence electrons. The van der Waals surface area contributed by atoms with Crippen LogP contribution in [-0.2, 0) is 6.18 Å². The van der Waals surface area contributed by atoms with Crippen molar-refractivity contribution in [1.82, 2.24) is 0 Å². The summed E-state index contributed by atoms with van der Waals surface area (Å²) in [5.41, 5.74) is 0.247. The summed E-state index contributed by atoms with van der Waals surface area (Å²) in [4.78, 5) is 0. The minimum absolute atomic E-state index is 0.376. The van der Waals surface area contributed by atoms with Gasteiger partial charge in [0.2, 0.25) is 0 Å². The van der Waals surface area contributed by atoms with Gasteiger partial charge in [-0.25, -0.2) is 4.39 Å². The molecule has 5 heteroatoms. The lowest BCUT2D eigenvalue weighted by Crippen LogP contribution is -2.13. The normalized spacial score (nSPS) is 13.3. The molecule has 0 amide bonds. The lowest BCUT2D eigenvalue weighted by molar-refractivity contribution is -0.140. The number of rotatable bonds is 2. The number of halogens is 4. The fraction of sp³-hybridized carbons (Fsp3) is 0.250. The van der Waals surface area contributed by atoms with E-state index >= 15 is 0 Å². The second-order valence-electron chi connectivity index (χ2n) is 4.90. The van der Waals surface area contributed by atoms with Gasteiger partial charge in [-0.1, -0.05) is 30.3 Å². The van der Waals surface area contributed by atoms with Crippen molar-refractivity contribution in [2.45, 2.75) is 26.1 Å². The molecule has 0 spiro atoms. The Morgan fingerprint density at radius 1 is 0.952 bits per heavy atom. The summed E-state index contributed by atoms with van der Waals surface area (Å²) in [6.07, 6.45) is -6.23. The average Bonchev–Trinajstić information content (AvgIpc) is 2.40. The first-order valence-electron chi connectivity index (χ1n) is 6.33. The summed E-state index contributed by atoms with van der Waals surface area (Å²) in [7, 11) is 0. The summed E-state index contributed by atoms with van der Waals surface area (Å²) in [5, 5.41) is 10.3. The molecule has 1 atom stereocenters. The fourth-order valence-corrected chi connectivity index (χ4v) is 2.22. The van der Waals surface area contributed by atoms with Crippen molar-refractivity contribution in [3.05, 3.63) is 70.0 Å². The Balaban J connectivity index is 2.54. The van der Waals surface area contributed by atoms with Crippen LogP contribution >= 0.6 is 0 Å². The van der Waals surface area contributed by atoms with E-state index < -0.39 is 23.7 Å². The molecule has 0 saturated carbocycles. The van der Waals surface area contributed by atoms with E-state index in [1.165, 1.54) is 0 Å². The molecule has 21 heavy (non-hydrogen) atoms. The molecule has 0 aliphatic heterocycles. The molecule has 2 aromatic rings. The third kappa shape index (κ3) is 2.93. The Bertz CT molecular complexity index is 662. The SMILES string of the molecule is Cc1cccc(C(O)c2cccc(C(F)(F)F)c2F)c1C. The van der Waals surface area contributed by atoms with Crippen molar-refractivity contribution >= 4 is 0 Å². The minimum atomic E-state index is -4.79. The lowest BCUT2D eigenvalue weighted by Gasteiger charge is -2.18. The van der Waals surface area contributed by atoms with Gasteiger partial charge in [0.1, 0.15) is 11.9 Å². The fourth-order valence-electron chi connectivity index (χ4n) is 2.22. The van der Waals surface area contributed by atoms with E-state index in [1.54, 1.807) is 19.1 Å². The molecule has 0 aliphatic rings. The van der Waals surface area contributed by atoms with E-state index in [0.29, 0.717) is 11.6 Å². The second kappa shape index (κ2) is 5.48. The third-order valence-electron chi connectivity index (χ3n) is 3.57. The molecule has 0 heterocycles. The highest BCUT2D eigenvalue weighted by Crippen LogP contribution is 2.36. The zero-order valence-corrected chi connectivity index (χ0v) is 11.5. The summed E-state index contributed by atoms with van der Waals surface area (Å²) in [6.45, 7) is 3.55. The molecule has 0 aliphatic carbocycles. The number of hydrogen-bond acceptors (Lipinski definition) is 1. The maximum absolute atomic E-state index is 14.1. The minimum Gasteiger partial charge on any atom is -0.384 e. The number of hydrogen-bond donors (Lipinski definition) is 1. The highest BCUT2D eigenvalue weighted by molar-refractivity contribution is 5.41. The average molecular weight is 298 g/mol. The second-order valence-corrected chi connectivity index (χ2v) is 4.90. The number of benzene rings is 2. The molecule has 1 N–H and O–H groups in total. The number of alkyl halides is 3. The van der Waals surface area contributed by atoms with Crippen LogP contribution in [0.4, 0.5) is 17.6 Å². The van der Waals surface area contributed by atoms with Gasteiger partial charge in [0.25, 0.3) is 0 Å². The molecule has 1 nitrogen and oxygen atoms in total. The van der Waals surface area contributed by atoms with Gasteiger partial charge in [-0.3, -0.25) is 0 Å². The molecular formula is C16H14F4O. The first-order valence-corrected chi connectivity index (χ1v) is 6.33. The smallest absolute Gasteiger partial charge is 0.384 e. The van der Waals surface area contributed by atoms with Crippen LogP contribution in [0.3, 0.4) is 0 Å². The summed E-state index contributed by atoms with van der Waals surface area (Å²) in [6, 6.07) is 7.98. The van der Waals surface area contributed by atoms with Crippen LogP contribution in [0.25, 0.3) is 0 Å². The predicted octanol–water partition coefficient (Wildman–Crippen LogP) is 4.54. The van der Waals surface area contributed by atoms with E-state index in [9.17, 15) is 22.7 Å². The Hall–Kier alpha value is -1.88. The monoisotopic (exact) mass is 298 g/mol. The van der Waals surface area contributed by atoms with Crippen molar-refractivity contribution in [1.29, 1.82) is 0 Å². The Labute approximate surface area is 119 Å². The zero-order chi connectivity index (χ0) is 15.8. The van der Waals surface area contributed by atoms with Crippen molar-refractivity contribution in [2.24, 2.45) is 0 Å². The van der Waals surface area contributed by atoms with Crippen LogP contribution < -0.4 is 0 Å². The van der Waals surface area contributed by atoms with Crippen LogP contribution in [0.15, 0.2) is 36.4 Å². The third-order valence-corrected chi connectivity index (χ3v) is 3.57. The van der Waals surface area contributed by atoms with Gasteiger partial charge >= 0.3 is 6.18 Å². The van der Waals surface area contributed by atoms with Gasteiger partial charge in [-0.15, -0.1) is 0 Å². The van der Waals surface area contributed by atoms with Gasteiger partial charge in [0.05, 0.1) is 5.56 Å². The van der Waals surface area contributed by atoms with E-state index in [2.05, 4.69) is 0 Å². The van der Waals surface area contributed by atoms with Crippen molar-refractivity contribution in [3.8, 4) is 0 Å². The van der Waals surface area contributed by atoms with E-state index in [4.69, 9.17) is 0 Å². The van der Waals surface area contributed by atoms with Gasteiger partial charge in [0.15, 0.2) is 0 Å². The van der Waals surface area contributed by atoms with Crippen LogP contribution in [-0.4, -0.2) is 5.11 Å². The molecular weight excluding hydrogens is 284 g/mol. The quantitative estimate of drug-likeness (QED) is 0.807. The number of aryl methyl sites for hydroxylation is 1. The summed E-state index contributed by atoms with van der Waals surface area (Å²) >= 11 is 0. The van der Waals surface area contributed by atoms with Gasteiger partial charge in [-0.05, 0) is 36.6 Å². The topological polar surface area (TPSA) is 20.2 Å². The van der Waals surface area contributed by atoms with Gasteiger partial charge in [0, 0.05) is 5.56 Å². The zero-order valence-electron chi connectivity index (χ0n) is 11.5. The lowest BCUT2D eigenvalue weighted by atomic mass is 9.93. The van der Waals surface area contributed by atoms with Gasteiger partial charge in [-0.2, -0.15) is 13.2 Å². The molecule has 2 rings (SSSR count). The van der Waals surface area contributed by atoms with Crippen molar-refractivity contribution in [3.63, 3.8) is 0 Å². The number of aliphatic hydroxyl groups is 1. The van der Waals surface area contributed by atoms with Crippen LogP contribution in [0, 0.1) is 19.7 Å². The van der Waals surface area contributed by atoms with Crippen molar-refractivity contribution < 1.29 is 22.7 Å². The molecule has 0 radical (unpaired) electrons. The summed E-state index contributed by atoms with van der Waals surface area (Å²) in [5.74, 6) is -1.43. The van der Waals surface area contributed by atoms with Gasteiger partial charge < -0.3 is 5.11 Å². The standard InChI is InChI=1S/C16H14F4O/c1-9-5-3-6-11(10(9)2)15(21)12-7-4-8-13(14(12)17)16(18,19)20/h3-8,15,21H,1-2H3. The van der Waals surface area contributed by atoms with Crippen LogP contribution in [0.2, 0.25) is 0 Å². The van der Waals surface area contributed by atoms with E-state index in [-0.39, 0.29) is 5.56 Å². The molecule has 0 fully saturated rings. The highest BCUT2D eigenvalue weighted by atomic mass is 19.4. The molecule has 2 aromatic carbocycles. The Morgan fingerprint density at radius 2 is 1.52 bits per heavy atom. The molecule has 1 unspecified atom stereocenters.